The van der Waals surface area contributed by atoms with Gasteiger partial charge in [-0.3, -0.25) is 19.2 Å². The molecule has 7 N–H and O–H groups in total. The van der Waals surface area contributed by atoms with Gasteiger partial charge in [-0.15, -0.1) is 0 Å². The molecule has 1 aromatic carbocycles. The van der Waals surface area contributed by atoms with Crippen molar-refractivity contribution in [1.29, 1.82) is 0 Å². The molecule has 0 unspecified atom stereocenters. The topological polar surface area (TPSA) is 171 Å². The summed E-state index contributed by atoms with van der Waals surface area (Å²) >= 11 is 0. The molecule has 1 aromatic rings. The molecule has 0 spiro atoms. The van der Waals surface area contributed by atoms with Crippen molar-refractivity contribution in [3.05, 3.63) is 29.8 Å². The standard InChI is InChI=1S/C15H20N4O6/c16-6-12(21)17-7-13(22)19-11(15(25)18-8-14(23)24)5-9-1-3-10(20)4-2-9/h1-4,11,20H,5-8,16H2,(H,17,21)(H,18,25)(H,19,22)(H,23,24)/t11-/m0/s1. The van der Waals surface area contributed by atoms with Gasteiger partial charge in [0.2, 0.25) is 17.7 Å². The Balaban J connectivity index is 2.74. The van der Waals surface area contributed by atoms with Crippen LogP contribution in [0.3, 0.4) is 0 Å². The maximum absolute atomic E-state index is 12.1. The first-order chi connectivity index (χ1) is 11.8. The number of nitrogens with one attached hydrogen (secondary N) is 3. The molecule has 0 fully saturated rings. The zero-order chi connectivity index (χ0) is 18.8. The molecule has 1 rings (SSSR count). The van der Waals surface area contributed by atoms with Crippen LogP contribution in [-0.4, -0.2) is 59.6 Å². The van der Waals surface area contributed by atoms with Crippen molar-refractivity contribution in [1.82, 2.24) is 16.0 Å². The van der Waals surface area contributed by atoms with Gasteiger partial charge in [0.15, 0.2) is 0 Å². The van der Waals surface area contributed by atoms with Crippen LogP contribution in [0.1, 0.15) is 5.56 Å². The van der Waals surface area contributed by atoms with E-state index < -0.39 is 36.3 Å². The summed E-state index contributed by atoms with van der Waals surface area (Å²) in [4.78, 5) is 45.6. The molecule has 136 valence electrons. The number of hydrogen-bond acceptors (Lipinski definition) is 6. The van der Waals surface area contributed by atoms with Gasteiger partial charge < -0.3 is 31.9 Å². The van der Waals surface area contributed by atoms with Gasteiger partial charge in [0.05, 0.1) is 13.1 Å². The first-order valence-electron chi connectivity index (χ1n) is 7.35. The minimum Gasteiger partial charge on any atom is -0.508 e. The van der Waals surface area contributed by atoms with Gasteiger partial charge in [0.25, 0.3) is 0 Å². The molecule has 0 radical (unpaired) electrons. The Morgan fingerprint density at radius 1 is 1.00 bits per heavy atom. The Morgan fingerprint density at radius 3 is 2.20 bits per heavy atom. The average Bonchev–Trinajstić information content (AvgIpc) is 2.58. The smallest absolute Gasteiger partial charge is 0.322 e. The summed E-state index contributed by atoms with van der Waals surface area (Å²) in [5, 5.41) is 24.8. The summed E-state index contributed by atoms with van der Waals surface area (Å²) < 4.78 is 0. The molecule has 0 heterocycles. The first kappa shape index (κ1) is 19.9. The van der Waals surface area contributed by atoms with E-state index in [1.54, 1.807) is 12.1 Å². The van der Waals surface area contributed by atoms with Crippen LogP contribution in [0.5, 0.6) is 5.75 Å². The summed E-state index contributed by atoms with van der Waals surface area (Å²) in [6.07, 6.45) is 0.0717. The van der Waals surface area contributed by atoms with E-state index in [2.05, 4.69) is 16.0 Å². The lowest BCUT2D eigenvalue weighted by Crippen LogP contribution is -2.51. The minimum atomic E-state index is -1.22. The Labute approximate surface area is 143 Å². The van der Waals surface area contributed by atoms with Gasteiger partial charge in [0.1, 0.15) is 18.3 Å². The third-order valence-electron chi connectivity index (χ3n) is 3.07. The van der Waals surface area contributed by atoms with Crippen molar-refractivity contribution in [2.24, 2.45) is 5.73 Å². The lowest BCUT2D eigenvalue weighted by molar-refractivity contribution is -0.138. The van der Waals surface area contributed by atoms with Crippen LogP contribution in [0.4, 0.5) is 0 Å². The maximum atomic E-state index is 12.1. The minimum absolute atomic E-state index is 0.0455. The van der Waals surface area contributed by atoms with Crippen molar-refractivity contribution < 1.29 is 29.4 Å². The molecule has 0 bridgehead atoms. The fourth-order valence-corrected chi connectivity index (χ4v) is 1.86. The fraction of sp³-hybridized carbons (Fsp3) is 0.333. The number of carbonyl (C=O) groups excluding carboxylic acids is 3. The SMILES string of the molecule is NCC(=O)NCC(=O)N[C@@H](Cc1ccc(O)cc1)C(=O)NCC(=O)O. The Bertz CT molecular complexity index is 631. The average molecular weight is 352 g/mol. The molecule has 0 aromatic heterocycles. The van der Waals surface area contributed by atoms with E-state index in [1.165, 1.54) is 12.1 Å². The number of aromatic hydroxyl groups is 1. The highest BCUT2D eigenvalue weighted by Crippen LogP contribution is 2.11. The number of aliphatic carboxylic acids is 1. The summed E-state index contributed by atoms with van der Waals surface area (Å²) in [6.45, 7) is -1.23. The number of amides is 3. The van der Waals surface area contributed by atoms with Gasteiger partial charge in [-0.25, -0.2) is 0 Å². The van der Waals surface area contributed by atoms with Gasteiger partial charge in [0, 0.05) is 6.42 Å². The summed E-state index contributed by atoms with van der Waals surface area (Å²) in [5.41, 5.74) is 5.74. The molecular weight excluding hydrogens is 332 g/mol. The molecule has 25 heavy (non-hydrogen) atoms. The number of nitrogens with two attached hydrogens (primary N) is 1. The van der Waals surface area contributed by atoms with Crippen LogP contribution in [0.2, 0.25) is 0 Å². The second-order valence-corrected chi connectivity index (χ2v) is 5.08. The first-order valence-corrected chi connectivity index (χ1v) is 7.35. The molecule has 0 aliphatic carbocycles. The molecular formula is C15H20N4O6. The van der Waals surface area contributed by atoms with E-state index in [4.69, 9.17) is 10.8 Å². The van der Waals surface area contributed by atoms with Gasteiger partial charge >= 0.3 is 5.97 Å². The van der Waals surface area contributed by atoms with Crippen LogP contribution >= 0.6 is 0 Å². The number of phenolic OH excluding ortho intramolecular Hbond substituents is 1. The Hall–Kier alpha value is -3.14. The van der Waals surface area contributed by atoms with Gasteiger partial charge in [-0.05, 0) is 17.7 Å². The van der Waals surface area contributed by atoms with Crippen molar-refractivity contribution in [2.75, 3.05) is 19.6 Å². The molecule has 10 nitrogen and oxygen atoms in total. The molecule has 1 atom stereocenters. The number of phenols is 1. The second kappa shape index (κ2) is 9.88. The van der Waals surface area contributed by atoms with E-state index in [-0.39, 0.29) is 25.3 Å². The Morgan fingerprint density at radius 2 is 1.64 bits per heavy atom. The number of carboxylic acid groups (broad SMARTS) is 1. The normalized spacial score (nSPS) is 11.2. The van der Waals surface area contributed by atoms with E-state index in [0.717, 1.165) is 0 Å². The number of rotatable bonds is 9. The molecule has 0 saturated heterocycles. The van der Waals surface area contributed by atoms with Crippen molar-refractivity contribution in [3.8, 4) is 5.75 Å². The van der Waals surface area contributed by atoms with E-state index in [9.17, 15) is 24.3 Å². The lowest BCUT2D eigenvalue weighted by Gasteiger charge is -2.18. The second-order valence-electron chi connectivity index (χ2n) is 5.08. The number of carboxylic acids is 1. The van der Waals surface area contributed by atoms with Crippen LogP contribution in [-0.2, 0) is 25.6 Å². The fourth-order valence-electron chi connectivity index (χ4n) is 1.86. The van der Waals surface area contributed by atoms with Gasteiger partial charge in [-0.1, -0.05) is 12.1 Å². The zero-order valence-electron chi connectivity index (χ0n) is 13.3. The van der Waals surface area contributed by atoms with Gasteiger partial charge in [-0.2, -0.15) is 0 Å². The number of hydrogen-bond donors (Lipinski definition) is 6. The predicted molar refractivity (Wildman–Crippen MR) is 86.5 cm³/mol. The van der Waals surface area contributed by atoms with E-state index in [0.29, 0.717) is 5.56 Å². The highest BCUT2D eigenvalue weighted by molar-refractivity contribution is 5.91. The van der Waals surface area contributed by atoms with Crippen molar-refractivity contribution in [2.45, 2.75) is 12.5 Å². The van der Waals surface area contributed by atoms with Crippen LogP contribution < -0.4 is 21.7 Å². The summed E-state index contributed by atoms with van der Waals surface area (Å²) in [7, 11) is 0. The zero-order valence-corrected chi connectivity index (χ0v) is 13.3. The molecule has 0 aliphatic rings. The third kappa shape index (κ3) is 7.79. The quantitative estimate of drug-likeness (QED) is 0.290. The predicted octanol–water partition coefficient (Wildman–Crippen LogP) is -2.30. The lowest BCUT2D eigenvalue weighted by atomic mass is 10.0. The Kier molecular flexibility index (Phi) is 7.87. The third-order valence-corrected chi connectivity index (χ3v) is 3.07. The van der Waals surface area contributed by atoms with E-state index >= 15 is 0 Å². The summed E-state index contributed by atoms with van der Waals surface area (Å²) in [6, 6.07) is 4.92. The molecule has 3 amide bonds. The van der Waals surface area contributed by atoms with Crippen molar-refractivity contribution >= 4 is 23.7 Å². The van der Waals surface area contributed by atoms with Crippen LogP contribution in [0, 0.1) is 0 Å². The maximum Gasteiger partial charge on any atom is 0.322 e. The number of carbonyl (C=O) groups is 4. The highest BCUT2D eigenvalue weighted by Gasteiger charge is 2.22. The molecule has 0 aliphatic heterocycles. The number of benzene rings is 1. The summed E-state index contributed by atoms with van der Waals surface area (Å²) in [5.74, 6) is -3.02. The van der Waals surface area contributed by atoms with E-state index in [1.807, 2.05) is 0 Å². The highest BCUT2D eigenvalue weighted by atomic mass is 16.4. The molecule has 10 heteroatoms. The van der Waals surface area contributed by atoms with Crippen LogP contribution in [0.15, 0.2) is 24.3 Å². The van der Waals surface area contributed by atoms with Crippen LogP contribution in [0.25, 0.3) is 0 Å². The largest absolute Gasteiger partial charge is 0.508 e. The molecule has 0 saturated carbocycles. The van der Waals surface area contributed by atoms with Crippen molar-refractivity contribution in [3.63, 3.8) is 0 Å². The monoisotopic (exact) mass is 352 g/mol.